The minimum atomic E-state index is -0.241. The number of rotatable bonds is 5. The fourth-order valence-corrected chi connectivity index (χ4v) is 5.85. The SMILES string of the molecule is O=C1C2C3C=CC(C4CC34)C2C(=O)N1N=Cc1ccccc1OCc1ccccc1Cl. The predicted molar refractivity (Wildman–Crippen MR) is 116 cm³/mol. The summed E-state index contributed by atoms with van der Waals surface area (Å²) < 4.78 is 5.96. The Morgan fingerprint density at radius 3 is 2.32 bits per heavy atom. The Morgan fingerprint density at radius 2 is 1.61 bits per heavy atom. The third-order valence-electron chi connectivity index (χ3n) is 7.21. The third-order valence-corrected chi connectivity index (χ3v) is 7.58. The monoisotopic (exact) mass is 432 g/mol. The maximum atomic E-state index is 13.1. The van der Waals surface area contributed by atoms with Crippen molar-refractivity contribution in [3.63, 3.8) is 0 Å². The molecule has 0 aromatic heterocycles. The van der Waals surface area contributed by atoms with Gasteiger partial charge in [-0.2, -0.15) is 10.1 Å². The molecule has 2 aromatic carbocycles. The number of allylic oxidation sites excluding steroid dienone is 2. The number of carbonyl (C=O) groups excluding carboxylic acids is 2. The van der Waals surface area contributed by atoms with E-state index in [1.165, 1.54) is 0 Å². The Labute approximate surface area is 185 Å². The number of hydrogen-bond acceptors (Lipinski definition) is 4. The fourth-order valence-electron chi connectivity index (χ4n) is 5.66. The van der Waals surface area contributed by atoms with Crippen molar-refractivity contribution in [1.29, 1.82) is 0 Å². The van der Waals surface area contributed by atoms with Crippen LogP contribution in [0, 0.1) is 35.5 Å². The molecule has 156 valence electrons. The molecule has 2 amide bonds. The van der Waals surface area contributed by atoms with E-state index in [0.717, 1.165) is 17.0 Å². The summed E-state index contributed by atoms with van der Waals surface area (Å²) in [6, 6.07) is 14.9. The smallest absolute Gasteiger partial charge is 0.254 e. The van der Waals surface area contributed by atoms with Gasteiger partial charge in [0, 0.05) is 16.1 Å². The van der Waals surface area contributed by atoms with E-state index < -0.39 is 0 Å². The summed E-state index contributed by atoms with van der Waals surface area (Å²) in [7, 11) is 0. The highest BCUT2D eigenvalue weighted by Gasteiger charge is 2.67. The van der Waals surface area contributed by atoms with Gasteiger partial charge in [0.1, 0.15) is 12.4 Å². The minimum Gasteiger partial charge on any atom is -0.488 e. The standard InChI is InChI=1S/C25H21ClN2O3/c26-20-7-3-1-6-15(20)13-31-21-8-4-2-5-14(21)12-27-28-24(29)22-16-9-10-17(19-11-18(16)19)23(22)25(28)30/h1-10,12,16-19,22-23H,11,13H2. The minimum absolute atomic E-state index is 0.162. The fraction of sp³-hybridized carbons (Fsp3) is 0.320. The molecule has 0 N–H and O–H groups in total. The van der Waals surface area contributed by atoms with Crippen LogP contribution in [0.2, 0.25) is 5.02 Å². The summed E-state index contributed by atoms with van der Waals surface area (Å²) in [4.78, 5) is 26.1. The normalized spacial score (nSPS) is 32.5. The number of para-hydroxylation sites is 1. The summed E-state index contributed by atoms with van der Waals surface area (Å²) in [5.41, 5.74) is 1.58. The molecule has 6 unspecified atom stereocenters. The average molecular weight is 433 g/mol. The third kappa shape index (κ3) is 2.94. The highest BCUT2D eigenvalue weighted by Crippen LogP contribution is 2.65. The van der Waals surface area contributed by atoms with Crippen LogP contribution in [-0.2, 0) is 16.2 Å². The molecule has 7 rings (SSSR count). The molecular weight excluding hydrogens is 412 g/mol. The molecule has 31 heavy (non-hydrogen) atoms. The summed E-state index contributed by atoms with van der Waals surface area (Å²) >= 11 is 6.22. The first-order valence-electron chi connectivity index (χ1n) is 10.7. The first-order valence-corrected chi connectivity index (χ1v) is 11.1. The van der Waals surface area contributed by atoms with Crippen molar-refractivity contribution in [1.82, 2.24) is 5.01 Å². The summed E-state index contributed by atoms with van der Waals surface area (Å²) in [6.07, 6.45) is 7.02. The number of imide groups is 1. The quantitative estimate of drug-likeness (QED) is 0.402. The zero-order valence-electron chi connectivity index (χ0n) is 16.7. The molecule has 1 aliphatic heterocycles. The molecule has 4 aliphatic carbocycles. The van der Waals surface area contributed by atoms with Crippen LogP contribution in [-0.4, -0.2) is 23.0 Å². The van der Waals surface area contributed by atoms with Crippen molar-refractivity contribution in [2.24, 2.45) is 40.6 Å². The number of amides is 2. The van der Waals surface area contributed by atoms with E-state index in [1.807, 2.05) is 48.5 Å². The number of carbonyl (C=O) groups is 2. The van der Waals surface area contributed by atoms with Gasteiger partial charge < -0.3 is 4.74 Å². The molecule has 5 aliphatic rings. The summed E-state index contributed by atoms with van der Waals surface area (Å²) in [5.74, 6) is 1.37. The molecule has 2 aromatic rings. The Kier molecular flexibility index (Phi) is 4.29. The van der Waals surface area contributed by atoms with Crippen molar-refractivity contribution in [2.45, 2.75) is 13.0 Å². The molecule has 2 bridgehead atoms. The maximum Gasteiger partial charge on any atom is 0.254 e. The molecular formula is C25H21ClN2O3. The van der Waals surface area contributed by atoms with Crippen molar-refractivity contribution in [2.75, 3.05) is 0 Å². The number of ether oxygens (including phenoxy) is 1. The van der Waals surface area contributed by atoms with Gasteiger partial charge in [-0.05, 0) is 48.3 Å². The average Bonchev–Trinajstić information content (AvgIpc) is 3.57. The van der Waals surface area contributed by atoms with E-state index in [1.54, 1.807) is 6.21 Å². The largest absolute Gasteiger partial charge is 0.488 e. The second kappa shape index (κ2) is 7.06. The zero-order valence-corrected chi connectivity index (χ0v) is 17.5. The highest BCUT2D eigenvalue weighted by atomic mass is 35.5. The molecule has 6 heteroatoms. The second-order valence-electron chi connectivity index (χ2n) is 8.81. The van der Waals surface area contributed by atoms with Gasteiger partial charge in [-0.15, -0.1) is 0 Å². The van der Waals surface area contributed by atoms with Gasteiger partial charge >= 0.3 is 0 Å². The van der Waals surface area contributed by atoms with Crippen LogP contribution in [0.3, 0.4) is 0 Å². The van der Waals surface area contributed by atoms with Crippen LogP contribution in [0.1, 0.15) is 17.5 Å². The van der Waals surface area contributed by atoms with E-state index in [9.17, 15) is 9.59 Å². The van der Waals surface area contributed by atoms with Gasteiger partial charge in [0.2, 0.25) is 0 Å². The molecule has 6 atom stereocenters. The van der Waals surface area contributed by atoms with E-state index in [-0.39, 0.29) is 35.5 Å². The van der Waals surface area contributed by atoms with Gasteiger partial charge in [-0.25, -0.2) is 0 Å². The maximum absolute atomic E-state index is 13.1. The van der Waals surface area contributed by atoms with Crippen LogP contribution in [0.25, 0.3) is 0 Å². The lowest BCUT2D eigenvalue weighted by Crippen LogP contribution is -2.40. The van der Waals surface area contributed by atoms with Crippen LogP contribution >= 0.6 is 11.6 Å². The number of hydrazone groups is 1. The van der Waals surface area contributed by atoms with Gasteiger partial charge in [0.25, 0.3) is 11.8 Å². The van der Waals surface area contributed by atoms with Gasteiger partial charge in [-0.3, -0.25) is 9.59 Å². The van der Waals surface area contributed by atoms with Crippen molar-refractivity contribution < 1.29 is 14.3 Å². The van der Waals surface area contributed by atoms with E-state index in [0.29, 0.717) is 34.8 Å². The Morgan fingerprint density at radius 1 is 0.968 bits per heavy atom. The number of hydrogen-bond donors (Lipinski definition) is 0. The van der Waals surface area contributed by atoms with Crippen LogP contribution in [0.15, 0.2) is 65.8 Å². The number of halogens is 1. The first kappa shape index (κ1) is 18.8. The topological polar surface area (TPSA) is 59.0 Å². The van der Waals surface area contributed by atoms with Gasteiger partial charge in [0.05, 0.1) is 18.1 Å². The van der Waals surface area contributed by atoms with Crippen LogP contribution in [0.5, 0.6) is 5.75 Å². The van der Waals surface area contributed by atoms with Crippen molar-refractivity contribution in [3.8, 4) is 5.75 Å². The molecule has 0 spiro atoms. The molecule has 2 saturated carbocycles. The number of nitrogens with zero attached hydrogens (tertiary/aromatic N) is 2. The Bertz CT molecular complexity index is 1110. The lowest BCUT2D eigenvalue weighted by Gasteiger charge is -2.37. The lowest BCUT2D eigenvalue weighted by atomic mass is 9.63. The predicted octanol–water partition coefficient (Wildman–Crippen LogP) is 4.31. The molecule has 1 heterocycles. The lowest BCUT2D eigenvalue weighted by molar-refractivity contribution is -0.140. The first-order chi connectivity index (χ1) is 15.1. The van der Waals surface area contributed by atoms with Gasteiger partial charge in [0.15, 0.2) is 0 Å². The van der Waals surface area contributed by atoms with Crippen LogP contribution in [0.4, 0.5) is 0 Å². The van der Waals surface area contributed by atoms with E-state index in [4.69, 9.17) is 16.3 Å². The van der Waals surface area contributed by atoms with Crippen molar-refractivity contribution >= 4 is 29.6 Å². The molecule has 0 radical (unpaired) electrons. The Hall–Kier alpha value is -2.92. The highest BCUT2D eigenvalue weighted by molar-refractivity contribution is 6.31. The van der Waals surface area contributed by atoms with Gasteiger partial charge in [-0.1, -0.05) is 54.1 Å². The molecule has 1 saturated heterocycles. The molecule has 3 fully saturated rings. The summed E-state index contributed by atoms with van der Waals surface area (Å²) in [5, 5.41) is 6.06. The van der Waals surface area contributed by atoms with E-state index >= 15 is 0 Å². The Balaban J connectivity index is 1.22. The van der Waals surface area contributed by atoms with Crippen molar-refractivity contribution in [3.05, 3.63) is 76.8 Å². The van der Waals surface area contributed by atoms with E-state index in [2.05, 4.69) is 17.3 Å². The molecule has 5 nitrogen and oxygen atoms in total. The number of benzene rings is 2. The summed E-state index contributed by atoms with van der Waals surface area (Å²) in [6.45, 7) is 0.314. The van der Waals surface area contributed by atoms with Crippen LogP contribution < -0.4 is 4.74 Å². The second-order valence-corrected chi connectivity index (χ2v) is 9.21. The zero-order chi connectivity index (χ0) is 21.1.